The monoisotopic (exact) mass is 270 g/mol. The molecule has 3 N–H and O–H groups in total. The first kappa shape index (κ1) is 17.4. The average Bonchev–Trinajstić information content (AvgIpc) is 2.38. The van der Waals surface area contributed by atoms with Crippen LogP contribution in [0.5, 0.6) is 0 Å². The number of amides is 1. The molecule has 0 rings (SSSR count). The number of hydrogen-bond donors (Lipinski definition) is 2. The van der Waals surface area contributed by atoms with E-state index in [0.717, 1.165) is 19.4 Å². The molecule has 0 aliphatic rings. The Balaban J connectivity index is 4.45. The molecule has 0 spiro atoms. The number of hydrogen-bond acceptors (Lipinski definition) is 2. The summed E-state index contributed by atoms with van der Waals surface area (Å²) in [6.45, 7) is 13.1. The van der Waals surface area contributed by atoms with Gasteiger partial charge in [0.2, 0.25) is 5.91 Å². The average molecular weight is 270 g/mol. The fraction of sp³-hybridized carbons (Fsp3) is 0.786. The van der Waals surface area contributed by atoms with Gasteiger partial charge in [0.25, 0.3) is 0 Å². The van der Waals surface area contributed by atoms with E-state index in [4.69, 9.17) is 5.73 Å². The van der Waals surface area contributed by atoms with Gasteiger partial charge in [-0.3, -0.25) is 4.79 Å². The summed E-state index contributed by atoms with van der Waals surface area (Å²) in [7, 11) is -1.45. The molecule has 0 aliphatic heterocycles. The molecule has 3 nitrogen and oxygen atoms in total. The summed E-state index contributed by atoms with van der Waals surface area (Å²) in [6.07, 6.45) is 3.39. The largest absolute Gasteiger partial charge is 0.353 e. The Bertz CT molecular complexity index is 273. The lowest BCUT2D eigenvalue weighted by atomic mass is 10.3. The second kappa shape index (κ2) is 7.74. The molecule has 0 aliphatic carbocycles. The lowest BCUT2D eigenvalue weighted by Gasteiger charge is -2.44. The van der Waals surface area contributed by atoms with E-state index in [-0.39, 0.29) is 11.1 Å². The molecule has 18 heavy (non-hydrogen) atoms. The summed E-state index contributed by atoms with van der Waals surface area (Å²) >= 11 is 0. The van der Waals surface area contributed by atoms with Gasteiger partial charge in [-0.25, -0.2) is 0 Å². The van der Waals surface area contributed by atoms with Gasteiger partial charge in [-0.2, -0.15) is 0 Å². The van der Waals surface area contributed by atoms with Crippen LogP contribution < -0.4 is 11.1 Å². The molecule has 0 aromatic carbocycles. The van der Waals surface area contributed by atoms with Gasteiger partial charge >= 0.3 is 0 Å². The Kier molecular flexibility index (Phi) is 7.48. The highest BCUT2D eigenvalue weighted by Crippen LogP contribution is 2.33. The molecule has 0 radical (unpaired) electrons. The van der Waals surface area contributed by atoms with Gasteiger partial charge < -0.3 is 11.1 Å². The maximum Gasteiger partial charge on any atom is 0.243 e. The van der Waals surface area contributed by atoms with Crippen LogP contribution in [0.3, 0.4) is 0 Å². The minimum absolute atomic E-state index is 0.00105. The van der Waals surface area contributed by atoms with E-state index >= 15 is 0 Å². The minimum Gasteiger partial charge on any atom is -0.353 e. The molecule has 0 heterocycles. The second-order valence-electron chi connectivity index (χ2n) is 5.36. The molecule has 106 valence electrons. The fourth-order valence-corrected chi connectivity index (χ4v) is 7.78. The number of carbonyl (C=O) groups excluding carboxylic acids is 1. The first-order chi connectivity index (χ1) is 8.39. The highest BCUT2D eigenvalue weighted by molar-refractivity contribution is 6.82. The number of rotatable bonds is 9. The zero-order valence-electron chi connectivity index (χ0n) is 12.5. The van der Waals surface area contributed by atoms with Gasteiger partial charge in [0.15, 0.2) is 0 Å². The minimum atomic E-state index is -1.45. The second-order valence-corrected chi connectivity index (χ2v) is 11.0. The molecule has 0 fully saturated rings. The van der Waals surface area contributed by atoms with Crippen LogP contribution in [0.2, 0.25) is 18.1 Å². The topological polar surface area (TPSA) is 55.1 Å². The van der Waals surface area contributed by atoms with Crippen molar-refractivity contribution in [3.8, 4) is 0 Å². The lowest BCUT2D eigenvalue weighted by molar-refractivity contribution is -0.116. The van der Waals surface area contributed by atoms with E-state index in [1.807, 2.05) is 0 Å². The van der Waals surface area contributed by atoms with Crippen molar-refractivity contribution in [3.63, 3.8) is 0 Å². The van der Waals surface area contributed by atoms with Crippen molar-refractivity contribution < 1.29 is 4.79 Å². The van der Waals surface area contributed by atoms with Crippen LogP contribution in [-0.2, 0) is 4.79 Å². The molecule has 4 heteroatoms. The molecule has 1 amide bonds. The maximum atomic E-state index is 11.1. The van der Waals surface area contributed by atoms with Gasteiger partial charge in [0.05, 0.1) is 8.07 Å². The van der Waals surface area contributed by atoms with Crippen LogP contribution in [-0.4, -0.2) is 25.7 Å². The quantitative estimate of drug-likeness (QED) is 0.384. The first-order valence-electron chi connectivity index (χ1n) is 7.08. The molecule has 0 aromatic heterocycles. The van der Waals surface area contributed by atoms with E-state index in [1.165, 1.54) is 24.2 Å². The molecule has 0 bridgehead atoms. The lowest BCUT2D eigenvalue weighted by Crippen LogP contribution is -2.61. The van der Waals surface area contributed by atoms with E-state index in [9.17, 15) is 4.79 Å². The molecule has 0 saturated carbocycles. The number of nitrogens with one attached hydrogen (secondary N) is 1. The van der Waals surface area contributed by atoms with Gasteiger partial charge in [-0.05, 0) is 25.8 Å². The summed E-state index contributed by atoms with van der Waals surface area (Å²) in [6, 6.07) is 3.64. The van der Waals surface area contributed by atoms with Crippen LogP contribution in [0.15, 0.2) is 12.7 Å². The van der Waals surface area contributed by atoms with Gasteiger partial charge in [0, 0.05) is 11.7 Å². The molecule has 1 atom stereocenters. The molecule has 0 aromatic rings. The summed E-state index contributed by atoms with van der Waals surface area (Å²) in [5.41, 5.74) is 6.54. The highest BCUT2D eigenvalue weighted by atomic mass is 28.3. The third kappa shape index (κ3) is 4.25. The Morgan fingerprint density at radius 2 is 1.94 bits per heavy atom. The van der Waals surface area contributed by atoms with Crippen LogP contribution >= 0.6 is 0 Å². The van der Waals surface area contributed by atoms with Crippen LogP contribution in [0.25, 0.3) is 0 Å². The Morgan fingerprint density at radius 3 is 2.33 bits per heavy atom. The van der Waals surface area contributed by atoms with Gasteiger partial charge in [0.1, 0.15) is 0 Å². The summed E-state index contributed by atoms with van der Waals surface area (Å²) in [5.74, 6) is -0.0822. The Hall–Kier alpha value is -0.613. The van der Waals surface area contributed by atoms with Crippen molar-refractivity contribution in [3.05, 3.63) is 12.7 Å². The summed E-state index contributed by atoms with van der Waals surface area (Å²) in [4.78, 5) is 11.1. The zero-order chi connectivity index (χ0) is 14.2. The van der Waals surface area contributed by atoms with Crippen molar-refractivity contribution in [1.82, 2.24) is 5.32 Å². The maximum absolute atomic E-state index is 11.1. The van der Waals surface area contributed by atoms with Crippen LogP contribution in [0.1, 0.15) is 40.5 Å². The predicted octanol–water partition coefficient (Wildman–Crippen LogP) is 2.83. The van der Waals surface area contributed by atoms with Crippen LogP contribution in [0.4, 0.5) is 0 Å². The Morgan fingerprint density at radius 1 is 1.39 bits per heavy atom. The standard InChI is InChI=1S/C14H30N2OSi/c1-6-13(17)16-11-10-12-18(8-3,9-4)14(5,15)7-2/h6H,1,7-12,15H2,2-5H3,(H,16,17). The molecule has 1 unspecified atom stereocenters. The normalized spacial score (nSPS) is 14.9. The third-order valence-electron chi connectivity index (χ3n) is 4.62. The summed E-state index contributed by atoms with van der Waals surface area (Å²) in [5, 5.41) is 2.85. The highest BCUT2D eigenvalue weighted by Gasteiger charge is 2.42. The van der Waals surface area contributed by atoms with E-state index in [1.54, 1.807) is 0 Å². The van der Waals surface area contributed by atoms with E-state index in [2.05, 4.69) is 39.6 Å². The van der Waals surface area contributed by atoms with Gasteiger partial charge in [-0.1, -0.05) is 45.5 Å². The van der Waals surface area contributed by atoms with Crippen molar-refractivity contribution in [1.29, 1.82) is 0 Å². The SMILES string of the molecule is C=CC(=O)NCCC[Si](CC)(CC)C(C)(N)CC. The van der Waals surface area contributed by atoms with E-state index < -0.39 is 8.07 Å². The number of carbonyl (C=O) groups is 1. The summed E-state index contributed by atoms with van der Waals surface area (Å²) < 4.78 is 0. The fourth-order valence-electron chi connectivity index (χ4n) is 2.78. The first-order valence-corrected chi connectivity index (χ1v) is 9.70. The van der Waals surface area contributed by atoms with Crippen molar-refractivity contribution in [2.75, 3.05) is 6.54 Å². The zero-order valence-corrected chi connectivity index (χ0v) is 13.5. The molecular formula is C14H30N2OSi. The Labute approximate surface area is 113 Å². The van der Waals surface area contributed by atoms with Crippen molar-refractivity contribution >= 4 is 14.0 Å². The predicted molar refractivity (Wildman–Crippen MR) is 82.2 cm³/mol. The van der Waals surface area contributed by atoms with Gasteiger partial charge in [-0.15, -0.1) is 0 Å². The smallest absolute Gasteiger partial charge is 0.243 e. The van der Waals surface area contributed by atoms with Crippen molar-refractivity contribution in [2.45, 2.75) is 63.8 Å². The van der Waals surface area contributed by atoms with Crippen LogP contribution in [0, 0.1) is 0 Å². The molecular weight excluding hydrogens is 240 g/mol. The number of nitrogens with two attached hydrogens (primary N) is 1. The van der Waals surface area contributed by atoms with E-state index in [0.29, 0.717) is 0 Å². The third-order valence-corrected chi connectivity index (χ3v) is 11.4. The van der Waals surface area contributed by atoms with Crippen molar-refractivity contribution in [2.24, 2.45) is 5.73 Å². The molecule has 0 saturated heterocycles.